The van der Waals surface area contributed by atoms with Gasteiger partial charge in [0.25, 0.3) is 10.0 Å². The van der Waals surface area contributed by atoms with Gasteiger partial charge in [-0.2, -0.15) is 0 Å². The molecule has 0 aliphatic heterocycles. The molecule has 0 aliphatic rings. The highest BCUT2D eigenvalue weighted by Crippen LogP contribution is 2.27. The van der Waals surface area contributed by atoms with Crippen LogP contribution in [0.4, 0.5) is 5.69 Å². The molecule has 1 atom stereocenters. The van der Waals surface area contributed by atoms with Crippen molar-refractivity contribution in [1.29, 1.82) is 0 Å². The van der Waals surface area contributed by atoms with Crippen molar-refractivity contribution in [2.45, 2.75) is 90.7 Å². The van der Waals surface area contributed by atoms with Crippen LogP contribution in [0.1, 0.15) is 76.1 Å². The summed E-state index contributed by atoms with van der Waals surface area (Å²) in [6.07, 6.45) is 0.368. The smallest absolute Gasteiger partial charge is 0.264 e. The van der Waals surface area contributed by atoms with Gasteiger partial charge in [0, 0.05) is 12.1 Å². The lowest BCUT2D eigenvalue weighted by atomic mass is 10.0. The van der Waals surface area contributed by atoms with E-state index in [9.17, 15) is 18.0 Å². The molecule has 0 saturated heterocycles. The summed E-state index contributed by atoms with van der Waals surface area (Å²) in [5, 5.41) is 3.00. The summed E-state index contributed by atoms with van der Waals surface area (Å²) in [7, 11) is -4.11. The maximum Gasteiger partial charge on any atom is 0.264 e. The number of rotatable bonds is 11. The van der Waals surface area contributed by atoms with Gasteiger partial charge in [0.2, 0.25) is 11.8 Å². The van der Waals surface area contributed by atoms with Crippen LogP contribution in [0, 0.1) is 13.8 Å². The van der Waals surface area contributed by atoms with E-state index < -0.39 is 34.1 Å². The molecule has 42 heavy (non-hydrogen) atoms. The molecule has 8 heteroatoms. The second-order valence-corrected chi connectivity index (χ2v) is 14.1. The molecule has 0 fully saturated rings. The first-order chi connectivity index (χ1) is 19.6. The summed E-state index contributed by atoms with van der Waals surface area (Å²) in [6.45, 7) is 15.2. The van der Waals surface area contributed by atoms with Crippen molar-refractivity contribution in [3.05, 3.63) is 95.1 Å². The van der Waals surface area contributed by atoms with Crippen LogP contribution >= 0.6 is 0 Å². The van der Waals surface area contributed by atoms with E-state index in [4.69, 9.17) is 0 Å². The van der Waals surface area contributed by atoms with Crippen molar-refractivity contribution in [3.8, 4) is 0 Å². The summed E-state index contributed by atoms with van der Waals surface area (Å²) in [4.78, 5) is 29.3. The topological polar surface area (TPSA) is 86.8 Å². The lowest BCUT2D eigenvalue weighted by Crippen LogP contribution is -2.55. The van der Waals surface area contributed by atoms with Gasteiger partial charge in [0.05, 0.1) is 10.6 Å². The second kappa shape index (κ2) is 13.6. The van der Waals surface area contributed by atoms with Gasteiger partial charge in [-0.05, 0) is 82.3 Å². The van der Waals surface area contributed by atoms with Gasteiger partial charge < -0.3 is 10.2 Å². The third kappa shape index (κ3) is 8.44. The highest BCUT2D eigenvalue weighted by atomic mass is 32.2. The average molecular weight is 592 g/mol. The summed E-state index contributed by atoms with van der Waals surface area (Å²) in [5.74, 6) is -0.478. The van der Waals surface area contributed by atoms with E-state index in [1.165, 1.54) is 4.90 Å². The van der Waals surface area contributed by atoms with Crippen LogP contribution in [-0.2, 0) is 26.2 Å². The van der Waals surface area contributed by atoms with Gasteiger partial charge in [-0.1, -0.05) is 80.4 Å². The SMILES string of the molecule is CCC(C(=O)NC(C)(C)C)N(Cc1ccc(C)cc1)C(=O)CN(c1ccc(C(C)C)cc1)S(=O)(=O)c1ccc(C)cc1. The minimum absolute atomic E-state index is 0.0939. The molecular weight excluding hydrogens is 546 g/mol. The standard InChI is InChI=1S/C34H45N3O4S/c1-9-31(33(39)35-34(6,7)8)36(22-27-14-10-25(4)11-15-27)32(38)23-37(29-18-16-28(17-19-29)24(2)3)42(40,41)30-20-12-26(5)13-21-30/h10-21,24,31H,9,22-23H2,1-8H3,(H,35,39). The predicted molar refractivity (Wildman–Crippen MR) is 170 cm³/mol. The molecule has 2 amide bonds. The Kier molecular flexibility index (Phi) is 10.6. The van der Waals surface area contributed by atoms with Crippen molar-refractivity contribution < 1.29 is 18.0 Å². The molecule has 0 aromatic heterocycles. The van der Waals surface area contributed by atoms with E-state index in [0.29, 0.717) is 12.1 Å². The van der Waals surface area contributed by atoms with E-state index >= 15 is 0 Å². The van der Waals surface area contributed by atoms with Gasteiger partial charge in [-0.15, -0.1) is 0 Å². The second-order valence-electron chi connectivity index (χ2n) is 12.2. The maximum atomic E-state index is 14.2. The Morgan fingerprint density at radius 1 is 0.833 bits per heavy atom. The molecule has 0 heterocycles. The van der Waals surface area contributed by atoms with E-state index in [1.807, 2.05) is 77.9 Å². The van der Waals surface area contributed by atoms with Crippen molar-refractivity contribution in [1.82, 2.24) is 10.2 Å². The first-order valence-corrected chi connectivity index (χ1v) is 15.9. The minimum atomic E-state index is -4.11. The molecule has 1 unspecified atom stereocenters. The first kappa shape index (κ1) is 32.9. The molecule has 226 valence electrons. The molecule has 3 aromatic carbocycles. The molecule has 1 N–H and O–H groups in total. The Hall–Kier alpha value is -3.65. The number of carbonyl (C=O) groups excluding carboxylic acids is 2. The van der Waals surface area contributed by atoms with Crippen molar-refractivity contribution >= 4 is 27.5 Å². The Labute approximate surface area is 252 Å². The largest absolute Gasteiger partial charge is 0.350 e. The number of nitrogens with zero attached hydrogens (tertiary/aromatic N) is 2. The number of anilines is 1. The molecule has 7 nitrogen and oxygen atoms in total. The molecule has 3 aromatic rings. The predicted octanol–water partition coefficient (Wildman–Crippen LogP) is 6.34. The fourth-order valence-corrected chi connectivity index (χ4v) is 6.07. The molecule has 0 radical (unpaired) electrons. The number of amides is 2. The molecule has 0 spiro atoms. The van der Waals surface area contributed by atoms with Crippen LogP contribution in [0.25, 0.3) is 0 Å². The van der Waals surface area contributed by atoms with Crippen LogP contribution in [0.5, 0.6) is 0 Å². The van der Waals surface area contributed by atoms with Crippen molar-refractivity contribution in [2.24, 2.45) is 0 Å². The van der Waals surface area contributed by atoms with Gasteiger partial charge in [-0.3, -0.25) is 13.9 Å². The summed E-state index contributed by atoms with van der Waals surface area (Å²) in [5.41, 5.74) is 3.80. The number of sulfonamides is 1. The van der Waals surface area contributed by atoms with Crippen molar-refractivity contribution in [3.63, 3.8) is 0 Å². The fourth-order valence-electron chi connectivity index (χ4n) is 4.65. The number of aryl methyl sites for hydroxylation is 2. The number of hydrogen-bond acceptors (Lipinski definition) is 4. The molecule has 0 bridgehead atoms. The number of carbonyl (C=O) groups is 2. The Morgan fingerprint density at radius 3 is 1.83 bits per heavy atom. The molecule has 0 aliphatic carbocycles. The maximum absolute atomic E-state index is 14.2. The third-order valence-corrected chi connectivity index (χ3v) is 8.88. The lowest BCUT2D eigenvalue weighted by molar-refractivity contribution is -0.141. The van der Waals surface area contributed by atoms with Crippen LogP contribution in [0.3, 0.4) is 0 Å². The number of nitrogens with one attached hydrogen (secondary N) is 1. The van der Waals surface area contributed by atoms with E-state index in [0.717, 1.165) is 26.6 Å². The number of benzene rings is 3. The highest BCUT2D eigenvalue weighted by Gasteiger charge is 2.34. The van der Waals surface area contributed by atoms with Gasteiger partial charge in [0.15, 0.2) is 0 Å². The van der Waals surface area contributed by atoms with Gasteiger partial charge >= 0.3 is 0 Å². The Morgan fingerprint density at radius 2 is 1.36 bits per heavy atom. The third-order valence-electron chi connectivity index (χ3n) is 7.09. The monoisotopic (exact) mass is 591 g/mol. The summed E-state index contributed by atoms with van der Waals surface area (Å²) in [6, 6.07) is 20.8. The van der Waals surface area contributed by atoms with Crippen molar-refractivity contribution in [2.75, 3.05) is 10.8 Å². The fraction of sp³-hybridized carbons (Fsp3) is 0.412. The van der Waals surface area contributed by atoms with Gasteiger partial charge in [-0.25, -0.2) is 8.42 Å². The number of hydrogen-bond donors (Lipinski definition) is 1. The summed E-state index contributed by atoms with van der Waals surface area (Å²) >= 11 is 0. The zero-order chi connectivity index (χ0) is 31.2. The highest BCUT2D eigenvalue weighted by molar-refractivity contribution is 7.92. The molecule has 0 saturated carbocycles. The van der Waals surface area contributed by atoms with E-state index in [1.54, 1.807) is 36.4 Å². The van der Waals surface area contributed by atoms with Gasteiger partial charge in [0.1, 0.15) is 12.6 Å². The van der Waals surface area contributed by atoms with Crippen LogP contribution in [0.15, 0.2) is 77.7 Å². The summed E-state index contributed by atoms with van der Waals surface area (Å²) < 4.78 is 29.3. The minimum Gasteiger partial charge on any atom is -0.350 e. The van der Waals surface area contributed by atoms with Crippen LogP contribution in [0.2, 0.25) is 0 Å². The zero-order valence-corrected chi connectivity index (χ0v) is 27.0. The van der Waals surface area contributed by atoms with Crippen LogP contribution in [-0.4, -0.2) is 43.3 Å². The normalized spacial score (nSPS) is 12.6. The molecular formula is C34H45N3O4S. The quantitative estimate of drug-likeness (QED) is 0.282. The van der Waals surface area contributed by atoms with E-state index in [2.05, 4.69) is 19.2 Å². The molecule has 3 rings (SSSR count). The zero-order valence-electron chi connectivity index (χ0n) is 26.1. The first-order valence-electron chi connectivity index (χ1n) is 14.5. The van der Waals surface area contributed by atoms with E-state index in [-0.39, 0.29) is 23.3 Å². The Balaban J connectivity index is 2.08. The Bertz CT molecular complexity index is 1460. The average Bonchev–Trinajstić information content (AvgIpc) is 2.91. The lowest BCUT2D eigenvalue weighted by Gasteiger charge is -2.35. The van der Waals surface area contributed by atoms with Crippen LogP contribution < -0.4 is 9.62 Å².